The maximum atomic E-state index is 12.6. The van der Waals surface area contributed by atoms with Crippen LogP contribution in [0.1, 0.15) is 37.7 Å². The van der Waals surface area contributed by atoms with Crippen LogP contribution < -0.4 is 15.5 Å². The highest BCUT2D eigenvalue weighted by molar-refractivity contribution is 6.00. The summed E-state index contributed by atoms with van der Waals surface area (Å²) in [7, 11) is 0. The van der Waals surface area contributed by atoms with Crippen molar-refractivity contribution in [1.82, 2.24) is 10.6 Å². The number of carbonyl (C=O) groups excluding carboxylic acids is 2. The molecule has 0 spiro atoms. The van der Waals surface area contributed by atoms with E-state index in [-0.39, 0.29) is 36.2 Å². The van der Waals surface area contributed by atoms with E-state index in [0.717, 1.165) is 18.5 Å². The van der Waals surface area contributed by atoms with E-state index in [1.54, 1.807) is 4.90 Å². The molecule has 0 aliphatic carbocycles. The fraction of sp³-hybridized carbons (Fsp3) is 0.579. The molecule has 3 atom stereocenters. The predicted octanol–water partition coefficient (Wildman–Crippen LogP) is 2.17. The van der Waals surface area contributed by atoms with Crippen LogP contribution in [0.4, 0.5) is 5.69 Å². The van der Waals surface area contributed by atoms with Gasteiger partial charge in [0, 0.05) is 36.8 Å². The predicted molar refractivity (Wildman–Crippen MR) is 100.0 cm³/mol. The van der Waals surface area contributed by atoms with E-state index in [4.69, 9.17) is 0 Å². The van der Waals surface area contributed by atoms with Crippen LogP contribution in [0.3, 0.4) is 0 Å². The number of hydrogen-bond donors (Lipinski definition) is 2. The van der Waals surface area contributed by atoms with Gasteiger partial charge in [-0.1, -0.05) is 17.7 Å². The molecular weight excluding hydrogens is 338 g/mol. The first-order valence-corrected chi connectivity index (χ1v) is 9.02. The van der Waals surface area contributed by atoms with Gasteiger partial charge in [0.2, 0.25) is 11.8 Å². The van der Waals surface area contributed by atoms with Gasteiger partial charge in [-0.25, -0.2) is 0 Å². The fourth-order valence-electron chi connectivity index (χ4n) is 4.35. The molecule has 25 heavy (non-hydrogen) atoms. The number of hydrogen-bond acceptors (Lipinski definition) is 3. The molecule has 2 bridgehead atoms. The number of nitrogens with zero attached hydrogens (tertiary/aromatic N) is 1. The van der Waals surface area contributed by atoms with Gasteiger partial charge in [0.15, 0.2) is 0 Å². The smallest absolute Gasteiger partial charge is 0.227 e. The molecule has 3 aliphatic rings. The molecule has 0 radical (unpaired) electrons. The highest BCUT2D eigenvalue weighted by atomic mass is 35.5. The summed E-state index contributed by atoms with van der Waals surface area (Å²) in [5.41, 5.74) is 2.06. The molecule has 1 aromatic rings. The highest BCUT2D eigenvalue weighted by Gasteiger charge is 2.38. The Labute approximate surface area is 154 Å². The second kappa shape index (κ2) is 7.34. The zero-order valence-corrected chi connectivity index (χ0v) is 15.3. The lowest BCUT2D eigenvalue weighted by Crippen LogP contribution is -2.49. The van der Waals surface area contributed by atoms with Gasteiger partial charge in [-0.3, -0.25) is 9.59 Å². The summed E-state index contributed by atoms with van der Waals surface area (Å²) in [6, 6.07) is 9.30. The molecule has 2 N–H and O–H groups in total. The third kappa shape index (κ3) is 3.82. The minimum Gasteiger partial charge on any atom is -0.353 e. The summed E-state index contributed by atoms with van der Waals surface area (Å²) in [6.07, 6.45) is 4.80. The van der Waals surface area contributed by atoms with Gasteiger partial charge < -0.3 is 15.5 Å². The molecule has 6 heteroatoms. The lowest BCUT2D eigenvalue weighted by atomic mass is 9.98. The third-order valence-corrected chi connectivity index (χ3v) is 5.66. The number of fused-ring (bicyclic) bond motifs is 2. The fourth-order valence-corrected chi connectivity index (χ4v) is 4.35. The maximum Gasteiger partial charge on any atom is 0.227 e. The summed E-state index contributed by atoms with van der Waals surface area (Å²) in [5, 5.41) is 6.80. The number of amides is 2. The number of halogens is 1. The molecule has 3 fully saturated rings. The van der Waals surface area contributed by atoms with Crippen molar-refractivity contribution < 1.29 is 9.59 Å². The van der Waals surface area contributed by atoms with Crippen LogP contribution in [-0.4, -0.2) is 36.5 Å². The van der Waals surface area contributed by atoms with E-state index in [0.29, 0.717) is 25.0 Å². The lowest BCUT2D eigenvalue weighted by Gasteiger charge is -2.30. The third-order valence-electron chi connectivity index (χ3n) is 5.66. The van der Waals surface area contributed by atoms with Crippen LogP contribution in [0.15, 0.2) is 24.3 Å². The Morgan fingerprint density at radius 1 is 1.16 bits per heavy atom. The van der Waals surface area contributed by atoms with Gasteiger partial charge in [-0.2, -0.15) is 0 Å². The summed E-state index contributed by atoms with van der Waals surface area (Å²) in [4.78, 5) is 26.7. The van der Waals surface area contributed by atoms with Crippen LogP contribution in [-0.2, 0) is 9.59 Å². The van der Waals surface area contributed by atoms with Crippen molar-refractivity contribution in [2.45, 2.75) is 57.2 Å². The molecule has 5 nitrogen and oxygen atoms in total. The first-order valence-electron chi connectivity index (χ1n) is 9.02. The minimum atomic E-state index is -0.230. The number of piperidine rings is 1. The van der Waals surface area contributed by atoms with Crippen LogP contribution in [0, 0.1) is 12.8 Å². The molecule has 3 unspecified atom stereocenters. The molecule has 0 saturated carbocycles. The molecule has 1 aromatic carbocycles. The van der Waals surface area contributed by atoms with Crippen molar-refractivity contribution in [2.24, 2.45) is 5.92 Å². The number of anilines is 1. The van der Waals surface area contributed by atoms with Gasteiger partial charge in [0.1, 0.15) is 0 Å². The molecule has 3 heterocycles. The van der Waals surface area contributed by atoms with Gasteiger partial charge in [0.25, 0.3) is 0 Å². The van der Waals surface area contributed by atoms with E-state index in [2.05, 4.69) is 10.6 Å². The normalized spacial score (nSPS) is 30.9. The van der Waals surface area contributed by atoms with Crippen molar-refractivity contribution in [2.75, 3.05) is 11.4 Å². The Balaban J connectivity index is 0.00000182. The summed E-state index contributed by atoms with van der Waals surface area (Å²) in [6.45, 7) is 2.52. The SMILES string of the molecule is Cc1ccc(N2CC(C(=O)NC3CC4CCC(C3)N4)CC2=O)cc1.Cl. The molecular formula is C19H26ClN3O2. The first kappa shape index (κ1) is 18.2. The Hall–Kier alpha value is -1.59. The molecule has 0 aromatic heterocycles. The largest absolute Gasteiger partial charge is 0.353 e. The number of aryl methyl sites for hydroxylation is 1. The number of benzene rings is 1. The van der Waals surface area contributed by atoms with Crippen molar-refractivity contribution in [3.05, 3.63) is 29.8 Å². The summed E-state index contributed by atoms with van der Waals surface area (Å²) in [5.74, 6) is -0.139. The standard InChI is InChI=1S/C19H25N3O2.ClH/c1-12-2-6-17(7-3-12)22-11-13(8-18(22)23)19(24)21-16-9-14-4-5-15(10-16)20-14;/h2-3,6-7,13-16,20H,4-5,8-11H2,1H3,(H,21,24);1H. The number of carbonyl (C=O) groups is 2. The van der Waals surface area contributed by atoms with E-state index in [1.165, 1.54) is 18.4 Å². The van der Waals surface area contributed by atoms with Crippen LogP contribution in [0.5, 0.6) is 0 Å². The van der Waals surface area contributed by atoms with E-state index < -0.39 is 0 Å². The second-order valence-corrected chi connectivity index (χ2v) is 7.56. The zero-order valence-electron chi connectivity index (χ0n) is 14.5. The van der Waals surface area contributed by atoms with Crippen LogP contribution in [0.25, 0.3) is 0 Å². The topological polar surface area (TPSA) is 61.4 Å². The maximum absolute atomic E-state index is 12.6. The monoisotopic (exact) mass is 363 g/mol. The van der Waals surface area contributed by atoms with Gasteiger partial charge in [0.05, 0.1) is 5.92 Å². The van der Waals surface area contributed by atoms with Crippen molar-refractivity contribution >= 4 is 29.9 Å². The van der Waals surface area contributed by atoms with E-state index in [1.807, 2.05) is 31.2 Å². The average Bonchev–Trinajstić information content (AvgIpc) is 3.11. The Morgan fingerprint density at radius 2 is 1.80 bits per heavy atom. The van der Waals surface area contributed by atoms with Gasteiger partial charge in [-0.05, 0) is 44.7 Å². The molecule has 2 amide bonds. The van der Waals surface area contributed by atoms with Crippen LogP contribution in [0.2, 0.25) is 0 Å². The Kier molecular flexibility index (Phi) is 5.35. The zero-order chi connectivity index (χ0) is 16.7. The average molecular weight is 364 g/mol. The van der Waals surface area contributed by atoms with E-state index >= 15 is 0 Å². The number of nitrogens with one attached hydrogen (secondary N) is 2. The molecule has 3 saturated heterocycles. The van der Waals surface area contributed by atoms with Crippen molar-refractivity contribution in [1.29, 1.82) is 0 Å². The van der Waals surface area contributed by atoms with Gasteiger partial charge in [-0.15, -0.1) is 12.4 Å². The Bertz CT molecular complexity index is 637. The quantitative estimate of drug-likeness (QED) is 0.865. The Morgan fingerprint density at radius 3 is 2.44 bits per heavy atom. The minimum absolute atomic E-state index is 0. The molecule has 136 valence electrons. The first-order chi connectivity index (χ1) is 11.6. The summed E-state index contributed by atoms with van der Waals surface area (Å²) < 4.78 is 0. The van der Waals surface area contributed by atoms with Crippen molar-refractivity contribution in [3.63, 3.8) is 0 Å². The number of rotatable bonds is 3. The lowest BCUT2D eigenvalue weighted by molar-refractivity contribution is -0.127. The summed E-state index contributed by atoms with van der Waals surface area (Å²) >= 11 is 0. The van der Waals surface area contributed by atoms with E-state index in [9.17, 15) is 9.59 Å². The second-order valence-electron chi connectivity index (χ2n) is 7.56. The van der Waals surface area contributed by atoms with Crippen molar-refractivity contribution in [3.8, 4) is 0 Å². The van der Waals surface area contributed by atoms with Crippen LogP contribution >= 0.6 is 12.4 Å². The van der Waals surface area contributed by atoms with Gasteiger partial charge >= 0.3 is 0 Å². The highest BCUT2D eigenvalue weighted by Crippen LogP contribution is 2.29. The molecule has 3 aliphatic heterocycles. The molecule has 4 rings (SSSR count).